The molecule has 0 atom stereocenters. The van der Waals surface area contributed by atoms with Crippen LogP contribution in [-0.2, 0) is 0 Å². The van der Waals surface area contributed by atoms with Crippen molar-refractivity contribution in [3.05, 3.63) is 0 Å². The Bertz CT molecular complexity index is 166. The Balaban J connectivity index is 1.70. The lowest BCUT2D eigenvalue weighted by Gasteiger charge is -2.34. The molecule has 2 fully saturated rings. The fraction of sp³-hybridized carbons (Fsp3) is 1.00. The summed E-state index contributed by atoms with van der Waals surface area (Å²) >= 11 is 0. The van der Waals surface area contributed by atoms with E-state index in [9.17, 15) is 0 Å². The van der Waals surface area contributed by atoms with Gasteiger partial charge in [-0.2, -0.15) is 0 Å². The molecule has 0 aromatic rings. The van der Waals surface area contributed by atoms with Gasteiger partial charge in [0.2, 0.25) is 0 Å². The molecule has 2 rings (SSSR count). The molecule has 0 aliphatic heterocycles. The van der Waals surface area contributed by atoms with E-state index in [1.807, 2.05) is 0 Å². The first-order valence-electron chi connectivity index (χ1n) is 6.49. The van der Waals surface area contributed by atoms with Gasteiger partial charge < -0.3 is 4.90 Å². The van der Waals surface area contributed by atoms with Crippen molar-refractivity contribution in [2.24, 2.45) is 11.8 Å². The van der Waals surface area contributed by atoms with Crippen LogP contribution in [0, 0.1) is 11.8 Å². The van der Waals surface area contributed by atoms with Crippen molar-refractivity contribution in [1.82, 2.24) is 4.90 Å². The van der Waals surface area contributed by atoms with E-state index in [1.54, 1.807) is 0 Å². The molecule has 2 aliphatic carbocycles. The summed E-state index contributed by atoms with van der Waals surface area (Å²) in [5.74, 6) is 2.10. The minimum atomic E-state index is 0.915. The Morgan fingerprint density at radius 2 is 1.50 bits per heavy atom. The third kappa shape index (κ3) is 2.73. The lowest BCUT2D eigenvalue weighted by Crippen LogP contribution is -2.36. The average molecular weight is 195 g/mol. The molecule has 82 valence electrons. The Hall–Kier alpha value is -0.0400. The highest BCUT2D eigenvalue weighted by molar-refractivity contribution is 4.82. The second-order valence-electron chi connectivity index (χ2n) is 5.47. The monoisotopic (exact) mass is 195 g/mol. The van der Waals surface area contributed by atoms with E-state index in [4.69, 9.17) is 0 Å². The van der Waals surface area contributed by atoms with Gasteiger partial charge in [-0.15, -0.1) is 0 Å². The van der Waals surface area contributed by atoms with Gasteiger partial charge in [0.15, 0.2) is 0 Å². The van der Waals surface area contributed by atoms with Crippen LogP contribution >= 0.6 is 0 Å². The van der Waals surface area contributed by atoms with Crippen molar-refractivity contribution in [1.29, 1.82) is 0 Å². The van der Waals surface area contributed by atoms with Gasteiger partial charge in [0, 0.05) is 12.6 Å². The maximum absolute atomic E-state index is 2.64. The second kappa shape index (κ2) is 4.65. The number of nitrogens with zero attached hydrogens (tertiary/aromatic N) is 1. The summed E-state index contributed by atoms with van der Waals surface area (Å²) < 4.78 is 0. The lowest BCUT2D eigenvalue weighted by atomic mass is 9.84. The van der Waals surface area contributed by atoms with Crippen molar-refractivity contribution in [3.63, 3.8) is 0 Å². The van der Waals surface area contributed by atoms with Gasteiger partial charge in [-0.1, -0.05) is 13.3 Å². The maximum Gasteiger partial charge on any atom is 0.00925 e. The highest BCUT2D eigenvalue weighted by Crippen LogP contribution is 2.33. The standard InChI is InChI=1S/C13H25N/c1-3-11-6-8-13(9-7-11)14(2)10-12-4-5-12/h11-13H,3-10H2,1-2H3. The SMILES string of the molecule is CCC1CCC(N(C)CC2CC2)CC1. The Labute approximate surface area is 88.9 Å². The molecule has 2 saturated carbocycles. The van der Waals surface area contributed by atoms with Crippen molar-refractivity contribution in [3.8, 4) is 0 Å². The molecular formula is C13H25N. The number of rotatable bonds is 4. The van der Waals surface area contributed by atoms with Crippen LogP contribution < -0.4 is 0 Å². The topological polar surface area (TPSA) is 3.24 Å². The van der Waals surface area contributed by atoms with Gasteiger partial charge in [0.05, 0.1) is 0 Å². The quantitative estimate of drug-likeness (QED) is 0.665. The Morgan fingerprint density at radius 1 is 0.929 bits per heavy atom. The van der Waals surface area contributed by atoms with Gasteiger partial charge in [-0.05, 0) is 57.4 Å². The molecule has 1 heteroatoms. The summed E-state index contributed by atoms with van der Waals surface area (Å²) in [6, 6.07) is 0.915. The minimum Gasteiger partial charge on any atom is -0.303 e. The molecule has 1 nitrogen and oxygen atoms in total. The van der Waals surface area contributed by atoms with Crippen molar-refractivity contribution in [2.75, 3.05) is 13.6 Å². The predicted molar refractivity (Wildman–Crippen MR) is 61.4 cm³/mol. The normalized spacial score (nSPS) is 33.6. The molecule has 0 heterocycles. The lowest BCUT2D eigenvalue weighted by molar-refractivity contribution is 0.158. The van der Waals surface area contributed by atoms with Crippen LogP contribution in [0.4, 0.5) is 0 Å². The van der Waals surface area contributed by atoms with E-state index < -0.39 is 0 Å². The third-order valence-corrected chi connectivity index (χ3v) is 4.26. The first-order valence-corrected chi connectivity index (χ1v) is 6.49. The summed E-state index contributed by atoms with van der Waals surface area (Å²) in [4.78, 5) is 2.64. The molecule has 0 spiro atoms. The molecular weight excluding hydrogens is 170 g/mol. The molecule has 0 aromatic heterocycles. The van der Waals surface area contributed by atoms with Crippen LogP contribution in [-0.4, -0.2) is 24.5 Å². The molecule has 0 N–H and O–H groups in total. The van der Waals surface area contributed by atoms with Crippen molar-refractivity contribution in [2.45, 2.75) is 57.9 Å². The molecule has 0 unspecified atom stereocenters. The van der Waals surface area contributed by atoms with Gasteiger partial charge in [0.1, 0.15) is 0 Å². The molecule has 0 amide bonds. The summed E-state index contributed by atoms with van der Waals surface area (Å²) in [7, 11) is 2.34. The Kier molecular flexibility index (Phi) is 3.48. The fourth-order valence-corrected chi connectivity index (χ4v) is 2.85. The largest absolute Gasteiger partial charge is 0.303 e. The van der Waals surface area contributed by atoms with E-state index in [0.717, 1.165) is 17.9 Å². The predicted octanol–water partition coefficient (Wildman–Crippen LogP) is 3.30. The van der Waals surface area contributed by atoms with Gasteiger partial charge in [-0.25, -0.2) is 0 Å². The zero-order valence-electron chi connectivity index (χ0n) is 9.84. The van der Waals surface area contributed by atoms with E-state index in [1.165, 1.54) is 51.5 Å². The van der Waals surface area contributed by atoms with E-state index in [0.29, 0.717) is 0 Å². The zero-order valence-corrected chi connectivity index (χ0v) is 9.84. The van der Waals surface area contributed by atoms with Gasteiger partial charge >= 0.3 is 0 Å². The first kappa shape index (κ1) is 10.5. The summed E-state index contributed by atoms with van der Waals surface area (Å²) in [5.41, 5.74) is 0. The summed E-state index contributed by atoms with van der Waals surface area (Å²) in [5, 5.41) is 0. The minimum absolute atomic E-state index is 0.915. The molecule has 2 aliphatic rings. The number of hydrogen-bond acceptors (Lipinski definition) is 1. The van der Waals surface area contributed by atoms with E-state index >= 15 is 0 Å². The summed E-state index contributed by atoms with van der Waals surface area (Å²) in [6.45, 7) is 3.72. The van der Waals surface area contributed by atoms with Crippen LogP contribution in [0.5, 0.6) is 0 Å². The summed E-state index contributed by atoms with van der Waals surface area (Å²) in [6.07, 6.45) is 10.3. The molecule has 0 radical (unpaired) electrons. The highest BCUT2D eigenvalue weighted by Gasteiger charge is 2.28. The maximum atomic E-state index is 2.64. The molecule has 0 bridgehead atoms. The van der Waals surface area contributed by atoms with Gasteiger partial charge in [0.25, 0.3) is 0 Å². The van der Waals surface area contributed by atoms with E-state index in [-0.39, 0.29) is 0 Å². The Morgan fingerprint density at radius 3 is 2.00 bits per heavy atom. The van der Waals surface area contributed by atoms with Crippen LogP contribution in [0.3, 0.4) is 0 Å². The molecule has 0 aromatic carbocycles. The highest BCUT2D eigenvalue weighted by atomic mass is 15.1. The van der Waals surface area contributed by atoms with Crippen LogP contribution in [0.2, 0.25) is 0 Å². The molecule has 14 heavy (non-hydrogen) atoms. The molecule has 0 saturated heterocycles. The smallest absolute Gasteiger partial charge is 0.00925 e. The second-order valence-corrected chi connectivity index (χ2v) is 5.47. The average Bonchev–Trinajstić information content (AvgIpc) is 3.02. The van der Waals surface area contributed by atoms with Crippen LogP contribution in [0.25, 0.3) is 0 Å². The third-order valence-electron chi connectivity index (χ3n) is 4.26. The fourth-order valence-electron chi connectivity index (χ4n) is 2.85. The first-order chi connectivity index (χ1) is 6.79. The van der Waals surface area contributed by atoms with Crippen molar-refractivity contribution >= 4 is 0 Å². The van der Waals surface area contributed by atoms with E-state index in [2.05, 4.69) is 18.9 Å². The zero-order chi connectivity index (χ0) is 9.97. The van der Waals surface area contributed by atoms with Crippen LogP contribution in [0.1, 0.15) is 51.9 Å². The van der Waals surface area contributed by atoms with Gasteiger partial charge in [-0.3, -0.25) is 0 Å². The van der Waals surface area contributed by atoms with Crippen LogP contribution in [0.15, 0.2) is 0 Å². The number of hydrogen-bond donors (Lipinski definition) is 0. The van der Waals surface area contributed by atoms with Crippen molar-refractivity contribution < 1.29 is 0 Å².